The molecule has 1 aliphatic carbocycles. The fourth-order valence-electron chi connectivity index (χ4n) is 3.38. The highest BCUT2D eigenvalue weighted by molar-refractivity contribution is 5.89. The number of ketones is 1. The van der Waals surface area contributed by atoms with E-state index >= 15 is 0 Å². The van der Waals surface area contributed by atoms with E-state index in [-0.39, 0.29) is 18.1 Å². The first-order valence-electron chi connectivity index (χ1n) is 8.48. The van der Waals surface area contributed by atoms with Crippen molar-refractivity contribution in [3.63, 3.8) is 0 Å². The van der Waals surface area contributed by atoms with Crippen LogP contribution in [-0.2, 0) is 25.6 Å². The normalized spacial score (nSPS) is 25.4. The van der Waals surface area contributed by atoms with Gasteiger partial charge in [-0.3, -0.25) is 9.63 Å². The molecule has 3 atom stereocenters. The molecule has 0 aromatic heterocycles. The van der Waals surface area contributed by atoms with Crippen LogP contribution in [0.4, 0.5) is 0 Å². The number of carbonyl (C=O) groups excluding carboxylic acids is 1. The number of carboxylic acid groups (broad SMARTS) is 2. The number of aliphatic carboxylic acids is 2. The third-order valence-corrected chi connectivity index (χ3v) is 4.52. The van der Waals surface area contributed by atoms with Crippen LogP contribution in [0, 0.1) is 5.92 Å². The Bertz CT molecular complexity index is 656. The number of likely N-dealkylation sites (N-methyl/N-ethyl adjacent to an activating group) is 1. The molecule has 26 heavy (non-hydrogen) atoms. The Morgan fingerprint density at radius 1 is 1.19 bits per heavy atom. The molecule has 7 nitrogen and oxygen atoms in total. The van der Waals surface area contributed by atoms with Gasteiger partial charge in [0, 0.05) is 25.6 Å². The SMILES string of the molecule is CN1O[C@H]2CCCC(=O)[C@H]2[C@H]1Cc1ccccc1.O=C(O)/C=C/C(=O)O. The minimum atomic E-state index is -1.26. The molecule has 1 saturated heterocycles. The van der Waals surface area contributed by atoms with Crippen LogP contribution in [0.2, 0.25) is 0 Å². The molecule has 1 aliphatic heterocycles. The van der Waals surface area contributed by atoms with Gasteiger partial charge in [-0.25, -0.2) is 9.59 Å². The third-order valence-electron chi connectivity index (χ3n) is 4.52. The average molecular weight is 361 g/mol. The molecular weight excluding hydrogens is 338 g/mol. The highest BCUT2D eigenvalue weighted by Crippen LogP contribution is 2.36. The molecule has 0 bridgehead atoms. The second kappa shape index (κ2) is 9.26. The van der Waals surface area contributed by atoms with Crippen molar-refractivity contribution in [3.05, 3.63) is 48.0 Å². The van der Waals surface area contributed by atoms with Crippen LogP contribution in [0.3, 0.4) is 0 Å². The van der Waals surface area contributed by atoms with Crippen LogP contribution in [0.1, 0.15) is 24.8 Å². The summed E-state index contributed by atoms with van der Waals surface area (Å²) >= 11 is 0. The van der Waals surface area contributed by atoms with Crippen molar-refractivity contribution >= 4 is 17.7 Å². The van der Waals surface area contributed by atoms with Crippen LogP contribution in [0.25, 0.3) is 0 Å². The number of fused-ring (bicyclic) bond motifs is 1. The molecule has 2 fully saturated rings. The maximum atomic E-state index is 12.1. The van der Waals surface area contributed by atoms with Crippen LogP contribution < -0.4 is 0 Å². The van der Waals surface area contributed by atoms with Crippen LogP contribution >= 0.6 is 0 Å². The largest absolute Gasteiger partial charge is 0.478 e. The van der Waals surface area contributed by atoms with Crippen molar-refractivity contribution in [3.8, 4) is 0 Å². The van der Waals surface area contributed by atoms with Gasteiger partial charge in [-0.15, -0.1) is 0 Å². The molecule has 1 aromatic rings. The monoisotopic (exact) mass is 361 g/mol. The van der Waals surface area contributed by atoms with Crippen LogP contribution in [0.15, 0.2) is 42.5 Å². The zero-order valence-corrected chi connectivity index (χ0v) is 14.6. The molecule has 0 unspecified atom stereocenters. The molecular formula is C19H23NO6. The van der Waals surface area contributed by atoms with E-state index in [1.165, 1.54) is 5.56 Å². The number of hydrogen-bond donors (Lipinski definition) is 2. The van der Waals surface area contributed by atoms with Gasteiger partial charge in [-0.05, 0) is 24.8 Å². The molecule has 0 amide bonds. The zero-order valence-electron chi connectivity index (χ0n) is 14.6. The first kappa shape index (κ1) is 19.8. The summed E-state index contributed by atoms with van der Waals surface area (Å²) in [6.45, 7) is 0. The number of benzene rings is 1. The van der Waals surface area contributed by atoms with Gasteiger partial charge in [0.05, 0.1) is 18.1 Å². The van der Waals surface area contributed by atoms with Gasteiger partial charge in [-0.1, -0.05) is 30.3 Å². The molecule has 7 heteroatoms. The lowest BCUT2D eigenvalue weighted by atomic mass is 9.79. The summed E-state index contributed by atoms with van der Waals surface area (Å²) < 4.78 is 0. The van der Waals surface area contributed by atoms with E-state index in [9.17, 15) is 14.4 Å². The standard InChI is InChI=1S/C15H19NO2.C4H4O4/c1-16-12(10-11-6-3-2-4-7-11)15-13(17)8-5-9-14(15)18-16;5-3(6)1-2-4(7)8/h2-4,6-7,12,14-15H,5,8-10H2,1H3;1-2H,(H,5,6)(H,7,8)/b;2-1+/t12-,14+,15-;/m1./s1. The van der Waals surface area contributed by atoms with Gasteiger partial charge in [0.2, 0.25) is 0 Å². The van der Waals surface area contributed by atoms with E-state index in [1.54, 1.807) is 0 Å². The van der Waals surface area contributed by atoms with Crippen molar-refractivity contribution < 1.29 is 29.4 Å². The van der Waals surface area contributed by atoms with Gasteiger partial charge in [0.15, 0.2) is 0 Å². The highest BCUT2D eigenvalue weighted by Gasteiger charge is 2.46. The lowest BCUT2D eigenvalue weighted by Crippen LogP contribution is -2.38. The minimum absolute atomic E-state index is 0.0731. The number of carboxylic acids is 2. The zero-order chi connectivity index (χ0) is 19.1. The molecule has 2 aliphatic rings. The molecule has 1 saturated carbocycles. The molecule has 0 radical (unpaired) electrons. The number of nitrogens with zero attached hydrogens (tertiary/aromatic N) is 1. The summed E-state index contributed by atoms with van der Waals surface area (Å²) in [5.41, 5.74) is 1.27. The summed E-state index contributed by atoms with van der Waals surface area (Å²) in [6, 6.07) is 10.6. The Morgan fingerprint density at radius 3 is 2.38 bits per heavy atom. The maximum absolute atomic E-state index is 12.1. The molecule has 0 spiro atoms. The second-order valence-electron chi connectivity index (χ2n) is 6.34. The highest BCUT2D eigenvalue weighted by atomic mass is 16.7. The number of hydrogen-bond acceptors (Lipinski definition) is 5. The summed E-state index contributed by atoms with van der Waals surface area (Å²) in [6.07, 6.45) is 4.85. The third kappa shape index (κ3) is 5.50. The molecule has 1 aromatic carbocycles. The van der Waals surface area contributed by atoms with E-state index < -0.39 is 11.9 Å². The first-order chi connectivity index (χ1) is 12.4. The maximum Gasteiger partial charge on any atom is 0.328 e. The predicted molar refractivity (Wildman–Crippen MR) is 93.3 cm³/mol. The molecule has 1 heterocycles. The number of rotatable bonds is 4. The summed E-state index contributed by atoms with van der Waals surface area (Å²) in [5, 5.41) is 17.5. The van der Waals surface area contributed by atoms with Crippen molar-refractivity contribution in [1.82, 2.24) is 5.06 Å². The Labute approximate surface area is 151 Å². The minimum Gasteiger partial charge on any atom is -0.478 e. The van der Waals surface area contributed by atoms with E-state index in [0.717, 1.165) is 25.7 Å². The van der Waals surface area contributed by atoms with Crippen molar-refractivity contribution in [2.45, 2.75) is 37.8 Å². The van der Waals surface area contributed by atoms with E-state index in [4.69, 9.17) is 15.1 Å². The Hall–Kier alpha value is -2.51. The summed E-state index contributed by atoms with van der Waals surface area (Å²) in [7, 11) is 1.96. The number of carbonyl (C=O) groups is 3. The quantitative estimate of drug-likeness (QED) is 0.790. The topological polar surface area (TPSA) is 104 Å². The van der Waals surface area contributed by atoms with E-state index in [0.29, 0.717) is 17.9 Å². The second-order valence-corrected chi connectivity index (χ2v) is 6.34. The van der Waals surface area contributed by atoms with Crippen LogP contribution in [-0.4, -0.2) is 52.2 Å². The van der Waals surface area contributed by atoms with E-state index in [2.05, 4.69) is 12.1 Å². The van der Waals surface area contributed by atoms with Gasteiger partial charge in [-0.2, -0.15) is 5.06 Å². The van der Waals surface area contributed by atoms with Crippen molar-refractivity contribution in [2.24, 2.45) is 5.92 Å². The Morgan fingerprint density at radius 2 is 1.81 bits per heavy atom. The van der Waals surface area contributed by atoms with Gasteiger partial charge >= 0.3 is 11.9 Å². The smallest absolute Gasteiger partial charge is 0.328 e. The molecule has 2 N–H and O–H groups in total. The fourth-order valence-corrected chi connectivity index (χ4v) is 3.38. The first-order valence-corrected chi connectivity index (χ1v) is 8.48. The summed E-state index contributed by atoms with van der Waals surface area (Å²) in [5.74, 6) is -2.06. The van der Waals surface area contributed by atoms with Crippen LogP contribution in [0.5, 0.6) is 0 Å². The fraction of sp³-hybridized carbons (Fsp3) is 0.421. The van der Waals surface area contributed by atoms with Gasteiger partial charge in [0.1, 0.15) is 5.78 Å². The lowest BCUT2D eigenvalue weighted by Gasteiger charge is -2.25. The predicted octanol–water partition coefficient (Wildman–Crippen LogP) is 1.92. The Kier molecular flexibility index (Phi) is 7.06. The van der Waals surface area contributed by atoms with Crippen molar-refractivity contribution in [2.75, 3.05) is 7.05 Å². The van der Waals surface area contributed by atoms with E-state index in [1.807, 2.05) is 30.3 Å². The van der Waals surface area contributed by atoms with Gasteiger partial charge in [0.25, 0.3) is 0 Å². The lowest BCUT2D eigenvalue weighted by molar-refractivity contribution is -0.149. The number of Topliss-reactive ketones (excluding diaryl/α,β-unsaturated/α-hetero) is 1. The molecule has 3 rings (SSSR count). The number of hydroxylamine groups is 2. The van der Waals surface area contributed by atoms with Gasteiger partial charge < -0.3 is 10.2 Å². The van der Waals surface area contributed by atoms with Crippen molar-refractivity contribution in [1.29, 1.82) is 0 Å². The Balaban J connectivity index is 0.000000260. The summed E-state index contributed by atoms with van der Waals surface area (Å²) in [4.78, 5) is 37.1. The average Bonchev–Trinajstić information content (AvgIpc) is 2.91. The molecule has 140 valence electrons.